The molecule has 5 heteroatoms. The number of likely N-dealkylation sites (tertiary alicyclic amines) is 1. The Morgan fingerprint density at radius 3 is 2.23 bits per heavy atom. The molecule has 2 atom stereocenters. The number of aryl methyl sites for hydroxylation is 2. The van der Waals surface area contributed by atoms with Crippen LogP contribution in [0.25, 0.3) is 0 Å². The Morgan fingerprint density at radius 2 is 1.65 bits per heavy atom. The highest BCUT2D eigenvalue weighted by atomic mass is 32.2. The van der Waals surface area contributed by atoms with Gasteiger partial charge in [0.05, 0.1) is 4.90 Å². The normalized spacial score (nSPS) is 28.8. The van der Waals surface area contributed by atoms with Crippen molar-refractivity contribution >= 4 is 15.7 Å². The number of rotatable bonds is 3. The Labute approximate surface area is 156 Å². The van der Waals surface area contributed by atoms with Gasteiger partial charge in [0.1, 0.15) is 0 Å². The van der Waals surface area contributed by atoms with E-state index < -0.39 is 14.6 Å². The fraction of sp³-hybridized carbons (Fsp3) is 0.667. The van der Waals surface area contributed by atoms with Crippen LogP contribution in [0.3, 0.4) is 0 Å². The van der Waals surface area contributed by atoms with E-state index >= 15 is 0 Å². The molecule has 3 fully saturated rings. The molecule has 1 aromatic rings. The van der Waals surface area contributed by atoms with Gasteiger partial charge in [-0.1, -0.05) is 38.8 Å². The van der Waals surface area contributed by atoms with E-state index in [1.54, 1.807) is 6.07 Å². The highest BCUT2D eigenvalue weighted by molar-refractivity contribution is 7.93. The van der Waals surface area contributed by atoms with E-state index in [1.807, 2.05) is 30.9 Å². The van der Waals surface area contributed by atoms with Crippen molar-refractivity contribution in [3.05, 3.63) is 29.3 Å². The maximum atomic E-state index is 13.7. The molecule has 2 saturated carbocycles. The predicted molar refractivity (Wildman–Crippen MR) is 102 cm³/mol. The molecular weight excluding hydrogens is 346 g/mol. The van der Waals surface area contributed by atoms with Gasteiger partial charge in [0.15, 0.2) is 14.6 Å². The van der Waals surface area contributed by atoms with Gasteiger partial charge in [-0.2, -0.15) is 0 Å². The maximum Gasteiger partial charge on any atom is 0.244 e. The number of hydrogen-bond donors (Lipinski definition) is 0. The Hall–Kier alpha value is -1.36. The van der Waals surface area contributed by atoms with Crippen LogP contribution in [0, 0.1) is 31.1 Å². The number of piperidine rings is 1. The van der Waals surface area contributed by atoms with Crippen LogP contribution >= 0.6 is 0 Å². The van der Waals surface area contributed by atoms with Crippen molar-refractivity contribution in [2.24, 2.45) is 17.3 Å². The smallest absolute Gasteiger partial charge is 0.244 e. The molecule has 0 unspecified atom stereocenters. The Bertz CT molecular complexity index is 851. The van der Waals surface area contributed by atoms with Crippen LogP contribution in [0.2, 0.25) is 0 Å². The van der Waals surface area contributed by atoms with Gasteiger partial charge in [0.25, 0.3) is 0 Å². The van der Waals surface area contributed by atoms with Crippen LogP contribution in [0.5, 0.6) is 0 Å². The van der Waals surface area contributed by atoms with Gasteiger partial charge in [0, 0.05) is 13.1 Å². The molecule has 3 aliphatic rings. The van der Waals surface area contributed by atoms with Crippen molar-refractivity contribution in [1.82, 2.24) is 4.90 Å². The number of amides is 1. The van der Waals surface area contributed by atoms with Crippen LogP contribution in [0.15, 0.2) is 23.1 Å². The van der Waals surface area contributed by atoms with Gasteiger partial charge in [0.2, 0.25) is 5.91 Å². The molecule has 1 aliphatic heterocycles. The van der Waals surface area contributed by atoms with Gasteiger partial charge in [-0.25, -0.2) is 8.42 Å². The van der Waals surface area contributed by atoms with E-state index in [1.165, 1.54) is 0 Å². The maximum absolute atomic E-state index is 13.7. The molecule has 1 saturated heterocycles. The number of carbonyl (C=O) groups excluding carboxylic acids is 1. The summed E-state index contributed by atoms with van der Waals surface area (Å²) in [7, 11) is -3.71. The number of nitrogens with zero attached hydrogens (tertiary/aromatic N) is 1. The van der Waals surface area contributed by atoms with Gasteiger partial charge < -0.3 is 4.90 Å². The minimum atomic E-state index is -3.71. The SMILES string of the molecule is Cc1ccc(C)c(S(=O)(=O)C2(C(=O)N3C[C@@H]4[C@H](C3)C4(C)C)CCCC2)c1. The number of sulfone groups is 1. The molecule has 4 nitrogen and oxygen atoms in total. The summed E-state index contributed by atoms with van der Waals surface area (Å²) in [5, 5.41) is 0. The lowest BCUT2D eigenvalue weighted by atomic mass is 10.0. The van der Waals surface area contributed by atoms with Crippen molar-refractivity contribution in [3.63, 3.8) is 0 Å². The second-order valence-corrected chi connectivity index (χ2v) is 11.4. The van der Waals surface area contributed by atoms with Gasteiger partial charge >= 0.3 is 0 Å². The largest absolute Gasteiger partial charge is 0.341 e. The van der Waals surface area contributed by atoms with E-state index in [9.17, 15) is 13.2 Å². The highest BCUT2D eigenvalue weighted by Gasteiger charge is 2.65. The predicted octanol–water partition coefficient (Wildman–Crippen LogP) is 3.50. The molecule has 142 valence electrons. The third-order valence-corrected chi connectivity index (χ3v) is 9.99. The van der Waals surface area contributed by atoms with Crippen molar-refractivity contribution in [1.29, 1.82) is 0 Å². The van der Waals surface area contributed by atoms with E-state index in [2.05, 4.69) is 13.8 Å². The molecule has 0 N–H and O–H groups in total. The molecule has 0 radical (unpaired) electrons. The minimum Gasteiger partial charge on any atom is -0.341 e. The second-order valence-electron chi connectivity index (χ2n) is 9.22. The molecule has 4 rings (SSSR count). The fourth-order valence-corrected chi connectivity index (χ4v) is 7.78. The third-order valence-electron chi connectivity index (χ3n) is 7.36. The first-order chi connectivity index (χ1) is 12.1. The van der Waals surface area contributed by atoms with Crippen LogP contribution in [0.4, 0.5) is 0 Å². The topological polar surface area (TPSA) is 54.5 Å². The zero-order valence-electron chi connectivity index (χ0n) is 16.2. The molecule has 26 heavy (non-hydrogen) atoms. The van der Waals surface area contributed by atoms with E-state index in [0.717, 1.165) is 37.1 Å². The lowest BCUT2D eigenvalue weighted by Gasteiger charge is -2.34. The Kier molecular flexibility index (Phi) is 3.86. The van der Waals surface area contributed by atoms with Gasteiger partial charge in [-0.3, -0.25) is 4.79 Å². The molecular formula is C21H29NO3S. The van der Waals surface area contributed by atoms with Crippen LogP contribution in [0.1, 0.15) is 50.7 Å². The third kappa shape index (κ3) is 2.32. The molecule has 2 aliphatic carbocycles. The first-order valence-corrected chi connectivity index (χ1v) is 11.2. The average Bonchev–Trinajstić information content (AvgIpc) is 3.08. The molecule has 1 aromatic carbocycles. The number of benzene rings is 1. The summed E-state index contributed by atoms with van der Waals surface area (Å²) >= 11 is 0. The molecule has 0 spiro atoms. The molecule has 0 bridgehead atoms. The Morgan fingerprint density at radius 1 is 1.08 bits per heavy atom. The monoisotopic (exact) mass is 375 g/mol. The summed E-state index contributed by atoms with van der Waals surface area (Å²) < 4.78 is 26.1. The Balaban J connectivity index is 1.71. The second kappa shape index (κ2) is 5.57. The summed E-state index contributed by atoms with van der Waals surface area (Å²) in [6.45, 7) is 9.68. The summed E-state index contributed by atoms with van der Waals surface area (Å²) in [6.07, 6.45) is 2.53. The van der Waals surface area contributed by atoms with Crippen LogP contribution in [-0.2, 0) is 14.6 Å². The lowest BCUT2D eigenvalue weighted by molar-refractivity contribution is -0.133. The summed E-state index contributed by atoms with van der Waals surface area (Å²) in [6, 6.07) is 5.51. The van der Waals surface area contributed by atoms with E-state index in [4.69, 9.17) is 0 Å². The highest BCUT2D eigenvalue weighted by Crippen LogP contribution is 2.62. The van der Waals surface area contributed by atoms with Gasteiger partial charge in [-0.05, 0) is 61.1 Å². The lowest BCUT2D eigenvalue weighted by Crippen LogP contribution is -2.52. The zero-order chi connectivity index (χ0) is 18.9. The standard InChI is InChI=1S/C21H29NO3S/c1-14-7-8-15(2)18(11-14)26(24,25)21(9-5-6-10-21)19(23)22-12-16-17(13-22)20(16,3)4/h7-8,11,16-17H,5-6,9-10,12-13H2,1-4H3/t16-,17+. The van der Waals surface area contributed by atoms with Crippen molar-refractivity contribution in [2.75, 3.05) is 13.1 Å². The van der Waals surface area contributed by atoms with E-state index in [0.29, 0.717) is 35.0 Å². The molecule has 1 heterocycles. The zero-order valence-corrected chi connectivity index (χ0v) is 17.0. The first-order valence-electron chi connectivity index (χ1n) is 9.72. The van der Waals surface area contributed by atoms with Crippen molar-refractivity contribution in [3.8, 4) is 0 Å². The molecule has 0 aromatic heterocycles. The summed E-state index contributed by atoms with van der Waals surface area (Å²) in [5.74, 6) is 0.931. The average molecular weight is 376 g/mol. The fourth-order valence-electron chi connectivity index (χ4n) is 5.34. The van der Waals surface area contributed by atoms with Crippen LogP contribution in [-0.4, -0.2) is 37.1 Å². The minimum absolute atomic E-state index is 0.140. The van der Waals surface area contributed by atoms with Crippen LogP contribution < -0.4 is 0 Å². The molecule has 1 amide bonds. The number of hydrogen-bond acceptors (Lipinski definition) is 3. The van der Waals surface area contributed by atoms with Crippen molar-refractivity contribution in [2.45, 2.75) is 63.0 Å². The van der Waals surface area contributed by atoms with Crippen molar-refractivity contribution < 1.29 is 13.2 Å². The first kappa shape index (κ1) is 18.0. The van der Waals surface area contributed by atoms with Gasteiger partial charge in [-0.15, -0.1) is 0 Å². The van der Waals surface area contributed by atoms with E-state index in [-0.39, 0.29) is 5.91 Å². The summed E-state index contributed by atoms with van der Waals surface area (Å²) in [5.41, 5.74) is 1.96. The number of carbonyl (C=O) groups is 1. The summed E-state index contributed by atoms with van der Waals surface area (Å²) in [4.78, 5) is 15.7. The quantitative estimate of drug-likeness (QED) is 0.812. The number of fused-ring (bicyclic) bond motifs is 1.